The van der Waals surface area contributed by atoms with Crippen molar-refractivity contribution < 1.29 is 4.79 Å². The summed E-state index contributed by atoms with van der Waals surface area (Å²) in [5.74, 6) is 3.67. The first-order valence-electron chi connectivity index (χ1n) is 15.9. The van der Waals surface area contributed by atoms with Crippen LogP contribution in [0.15, 0.2) is 35.3 Å². The number of amidine groups is 1. The molecule has 1 unspecified atom stereocenters. The van der Waals surface area contributed by atoms with Crippen molar-refractivity contribution >= 4 is 23.0 Å². The van der Waals surface area contributed by atoms with Gasteiger partial charge in [-0.2, -0.15) is 0 Å². The zero-order valence-corrected chi connectivity index (χ0v) is 26.2. The number of aliphatic imine (C=N–C) groups is 1. The maximum absolute atomic E-state index is 9.97. The molecule has 3 fully saturated rings. The normalized spacial score (nSPS) is 20.0. The van der Waals surface area contributed by atoms with Crippen LogP contribution in [-0.4, -0.2) is 71.3 Å². The average molecular weight is 564 g/mol. The van der Waals surface area contributed by atoms with Crippen LogP contribution in [0, 0.1) is 11.8 Å². The highest BCUT2D eigenvalue weighted by Gasteiger charge is 2.30. The number of nitrogens with one attached hydrogen (secondary N) is 2. The second kappa shape index (κ2) is 16.5. The van der Waals surface area contributed by atoms with Crippen LogP contribution < -0.4 is 11.1 Å². The molecule has 1 atom stereocenters. The van der Waals surface area contributed by atoms with Gasteiger partial charge in [-0.3, -0.25) is 4.99 Å². The summed E-state index contributed by atoms with van der Waals surface area (Å²) < 4.78 is 2.32. The number of fused-ring (bicyclic) bond motifs is 2. The van der Waals surface area contributed by atoms with Crippen molar-refractivity contribution in [2.75, 3.05) is 39.8 Å². The predicted molar refractivity (Wildman–Crippen MR) is 173 cm³/mol. The van der Waals surface area contributed by atoms with Crippen LogP contribution in [0.3, 0.4) is 0 Å². The van der Waals surface area contributed by atoms with Gasteiger partial charge < -0.3 is 30.3 Å². The minimum atomic E-state index is 0.306. The number of hydrogen-bond donors (Lipinski definition) is 3. The van der Waals surface area contributed by atoms with E-state index in [0.717, 1.165) is 93.3 Å². The van der Waals surface area contributed by atoms with Crippen molar-refractivity contribution in [2.24, 2.45) is 22.6 Å². The van der Waals surface area contributed by atoms with Gasteiger partial charge in [-0.25, -0.2) is 4.98 Å². The fourth-order valence-corrected chi connectivity index (χ4v) is 5.23. The number of aromatic amines is 1. The molecule has 8 nitrogen and oxygen atoms in total. The molecule has 226 valence electrons. The summed E-state index contributed by atoms with van der Waals surface area (Å²) in [4.78, 5) is 25.5. The third kappa shape index (κ3) is 8.76. The molecule has 0 radical (unpaired) electrons. The van der Waals surface area contributed by atoms with Gasteiger partial charge in [0.15, 0.2) is 0 Å². The number of para-hydroxylation sites is 1. The van der Waals surface area contributed by atoms with Crippen molar-refractivity contribution in [1.29, 1.82) is 0 Å². The fraction of sp³-hybridized carbons (Fsp3) is 0.606. The molecule has 5 heterocycles. The summed E-state index contributed by atoms with van der Waals surface area (Å²) in [7, 11) is 2.19. The third-order valence-corrected chi connectivity index (χ3v) is 7.87. The molecule has 0 spiro atoms. The van der Waals surface area contributed by atoms with Crippen LogP contribution in [0.4, 0.5) is 0 Å². The summed E-state index contributed by atoms with van der Waals surface area (Å²) in [6, 6.07) is 10.5. The van der Waals surface area contributed by atoms with Crippen molar-refractivity contribution in [1.82, 2.24) is 24.8 Å². The Morgan fingerprint density at radius 1 is 1.00 bits per heavy atom. The van der Waals surface area contributed by atoms with E-state index in [2.05, 4.69) is 63.0 Å². The number of nitrogens with two attached hydrogens (primary N) is 1. The highest BCUT2D eigenvalue weighted by atomic mass is 16.1. The summed E-state index contributed by atoms with van der Waals surface area (Å²) in [5.41, 5.74) is 10.4. The number of piperidine rings is 1. The Morgan fingerprint density at radius 2 is 1.68 bits per heavy atom. The van der Waals surface area contributed by atoms with Crippen molar-refractivity contribution in [3.05, 3.63) is 41.9 Å². The topological polar surface area (TPSA) is 104 Å². The molecule has 1 saturated carbocycles. The molecule has 0 bridgehead atoms. The second-order valence-electron chi connectivity index (χ2n) is 11.0. The van der Waals surface area contributed by atoms with E-state index < -0.39 is 0 Å². The maximum atomic E-state index is 9.97. The van der Waals surface area contributed by atoms with Crippen LogP contribution in [0.5, 0.6) is 0 Å². The van der Waals surface area contributed by atoms with Gasteiger partial charge in [-0.05, 0) is 64.0 Å². The Labute approximate surface area is 247 Å². The Kier molecular flexibility index (Phi) is 13.1. The molecule has 7 rings (SSSR count). The van der Waals surface area contributed by atoms with Crippen LogP contribution in [0.2, 0.25) is 0 Å². The Bertz CT molecular complexity index is 1190. The van der Waals surface area contributed by atoms with Gasteiger partial charge in [0.1, 0.15) is 29.3 Å². The largest absolute Gasteiger partial charge is 0.382 e. The van der Waals surface area contributed by atoms with Gasteiger partial charge in [0.05, 0.1) is 12.2 Å². The number of aromatic nitrogens is 3. The van der Waals surface area contributed by atoms with Crippen LogP contribution in [-0.2, 0) is 11.3 Å². The summed E-state index contributed by atoms with van der Waals surface area (Å²) in [5, 5.41) is 4.28. The van der Waals surface area contributed by atoms with E-state index in [1.54, 1.807) is 0 Å². The van der Waals surface area contributed by atoms with E-state index in [0.29, 0.717) is 17.7 Å². The number of carbonyl (C=O) groups excluding carboxylic acids is 1. The predicted octanol–water partition coefficient (Wildman–Crippen LogP) is 5.82. The minimum absolute atomic E-state index is 0.306. The maximum Gasteiger partial charge on any atom is 0.145 e. The average Bonchev–Trinajstić information content (AvgIpc) is 3.41. The molecule has 4 N–H and O–H groups in total. The zero-order valence-electron chi connectivity index (χ0n) is 26.2. The Balaban J connectivity index is 0.000000254. The van der Waals surface area contributed by atoms with Crippen LogP contribution in [0.1, 0.15) is 84.2 Å². The molecule has 1 aromatic carbocycles. The number of carbonyl (C=O) groups is 1. The standard InChI is InChI=1S/C20H24N6.C5H9NO.C4H8.2C2H6/c1-25-9-6-13(7-10-25)20-24-17(18-19(21)22-8-11-26(18)20)16-12-14-4-2-3-5-15(14)23-16;7-4-5-1-2-6-3-5;1-4-2-3-4;2*1-2/h2-5,12-13,23H,6-11H2,1H3,(H2,21,22);4-6H,1-3H2;4H,2-3H2,1H3;2*1-2H3. The smallest absolute Gasteiger partial charge is 0.145 e. The Morgan fingerprint density at radius 3 is 2.24 bits per heavy atom. The van der Waals surface area contributed by atoms with Crippen LogP contribution in [0.25, 0.3) is 22.3 Å². The summed E-state index contributed by atoms with van der Waals surface area (Å²) in [6.07, 6.45) is 7.33. The lowest BCUT2D eigenvalue weighted by atomic mass is 9.96. The van der Waals surface area contributed by atoms with Crippen molar-refractivity contribution in [3.63, 3.8) is 0 Å². The van der Waals surface area contributed by atoms with Gasteiger partial charge in [0.25, 0.3) is 0 Å². The molecule has 4 aliphatic rings. The number of rotatable bonds is 3. The van der Waals surface area contributed by atoms with E-state index in [4.69, 9.17) is 10.7 Å². The molecule has 2 aromatic heterocycles. The van der Waals surface area contributed by atoms with E-state index in [1.165, 1.54) is 24.1 Å². The van der Waals surface area contributed by atoms with Gasteiger partial charge in [0, 0.05) is 35.8 Å². The van der Waals surface area contributed by atoms with Crippen molar-refractivity contribution in [2.45, 2.75) is 79.2 Å². The van der Waals surface area contributed by atoms with Crippen LogP contribution >= 0.6 is 0 Å². The van der Waals surface area contributed by atoms with Gasteiger partial charge >= 0.3 is 0 Å². The number of H-pyrrole nitrogens is 1. The monoisotopic (exact) mass is 563 g/mol. The first-order valence-corrected chi connectivity index (χ1v) is 15.9. The van der Waals surface area contributed by atoms with E-state index in [1.807, 2.05) is 33.8 Å². The van der Waals surface area contributed by atoms with Gasteiger partial charge in [0.2, 0.25) is 0 Å². The Hall–Kier alpha value is -2.97. The first kappa shape index (κ1) is 32.5. The number of aldehydes is 1. The fourth-order valence-electron chi connectivity index (χ4n) is 5.23. The van der Waals surface area contributed by atoms with Crippen molar-refractivity contribution in [3.8, 4) is 11.4 Å². The molecular formula is C33H53N7O. The molecular weight excluding hydrogens is 510 g/mol. The molecule has 1 aliphatic carbocycles. The molecule has 2 saturated heterocycles. The number of benzene rings is 1. The summed E-state index contributed by atoms with van der Waals surface area (Å²) in [6.45, 7) is 16.0. The lowest BCUT2D eigenvalue weighted by Crippen LogP contribution is -2.32. The molecule has 3 aromatic rings. The molecule has 0 amide bonds. The third-order valence-electron chi connectivity index (χ3n) is 7.87. The second-order valence-corrected chi connectivity index (χ2v) is 11.0. The summed E-state index contributed by atoms with van der Waals surface area (Å²) >= 11 is 0. The lowest BCUT2D eigenvalue weighted by Gasteiger charge is -2.29. The molecule has 41 heavy (non-hydrogen) atoms. The number of hydrogen-bond acceptors (Lipinski definition) is 6. The first-order chi connectivity index (χ1) is 20.0. The highest BCUT2D eigenvalue weighted by Crippen LogP contribution is 2.34. The van der Waals surface area contributed by atoms with E-state index in [-0.39, 0.29) is 0 Å². The van der Waals surface area contributed by atoms with E-state index in [9.17, 15) is 4.79 Å². The SMILES string of the molecule is CC.CC.CC1CC1.CN1CCC(c2nc(-c3cc4ccccc4[nH]3)c3n2CCN=C3N)CC1.O=CC1CCNC1. The zero-order chi connectivity index (χ0) is 29.8. The molecule has 8 heteroatoms. The number of likely N-dealkylation sites (tertiary alicyclic amines) is 1. The lowest BCUT2D eigenvalue weighted by molar-refractivity contribution is -0.110. The number of nitrogens with zero attached hydrogens (tertiary/aromatic N) is 4. The van der Waals surface area contributed by atoms with Gasteiger partial charge in [-0.15, -0.1) is 0 Å². The number of imidazole rings is 1. The molecule has 3 aliphatic heterocycles. The quantitative estimate of drug-likeness (QED) is 0.348. The van der Waals surface area contributed by atoms with Gasteiger partial charge in [-0.1, -0.05) is 65.7 Å². The highest BCUT2D eigenvalue weighted by molar-refractivity contribution is 6.02. The van der Waals surface area contributed by atoms with E-state index >= 15 is 0 Å². The minimum Gasteiger partial charge on any atom is -0.382 e.